The van der Waals surface area contributed by atoms with Crippen LogP contribution in [0.1, 0.15) is 5.56 Å². The Balaban J connectivity index is 2.07. The minimum atomic E-state index is -0.739. The zero-order valence-electron chi connectivity index (χ0n) is 14.3. The second-order valence-electron chi connectivity index (χ2n) is 6.33. The lowest BCUT2D eigenvalue weighted by atomic mass is 10.0. The van der Waals surface area contributed by atoms with Crippen molar-refractivity contribution in [1.29, 1.82) is 0 Å². The first-order chi connectivity index (χ1) is 13.0. The van der Waals surface area contributed by atoms with E-state index < -0.39 is 17.1 Å². The van der Waals surface area contributed by atoms with Gasteiger partial charge in [0.05, 0.1) is 22.3 Å². The molecule has 2 aromatic heterocycles. The van der Waals surface area contributed by atoms with E-state index in [-0.39, 0.29) is 11.1 Å². The highest BCUT2D eigenvalue weighted by Gasteiger charge is 2.19. The molecule has 27 heavy (non-hydrogen) atoms. The molecule has 0 atom stereocenters. The average Bonchev–Trinajstić information content (AvgIpc) is 2.63. The van der Waals surface area contributed by atoms with Crippen LogP contribution in [0.4, 0.5) is 8.78 Å². The SMILES string of the molecule is Cc1cc(F)c(-c2c(=O)ccn3c(-c4ccc(I)cc4)cccc23)c(F)c1. The Morgan fingerprint density at radius 2 is 1.56 bits per heavy atom. The standard InChI is InChI=1S/C22H14F2INO/c1-13-11-16(23)21(17(24)12-13)22-19-4-2-3-18(26(19)10-9-20(22)27)14-5-7-15(25)8-6-14/h2-12H,1H3. The van der Waals surface area contributed by atoms with Crippen molar-refractivity contribution in [2.75, 3.05) is 0 Å². The number of nitrogens with zero attached hydrogens (tertiary/aromatic N) is 1. The van der Waals surface area contributed by atoms with Gasteiger partial charge in [-0.05, 0) is 77.0 Å². The molecule has 5 heteroatoms. The van der Waals surface area contributed by atoms with Crippen molar-refractivity contribution in [3.63, 3.8) is 0 Å². The summed E-state index contributed by atoms with van der Waals surface area (Å²) in [6.45, 7) is 1.61. The molecule has 2 heterocycles. The third-order valence-corrected chi connectivity index (χ3v) is 5.20. The number of pyridine rings is 2. The largest absolute Gasteiger partial charge is 0.316 e. The van der Waals surface area contributed by atoms with E-state index >= 15 is 0 Å². The first-order valence-corrected chi connectivity index (χ1v) is 9.40. The Morgan fingerprint density at radius 3 is 2.22 bits per heavy atom. The third kappa shape index (κ3) is 3.16. The van der Waals surface area contributed by atoms with Crippen LogP contribution in [-0.2, 0) is 0 Å². The lowest BCUT2D eigenvalue weighted by Crippen LogP contribution is -2.10. The van der Waals surface area contributed by atoms with Gasteiger partial charge in [-0.2, -0.15) is 0 Å². The number of benzene rings is 2. The minimum Gasteiger partial charge on any atom is -0.316 e. The quantitative estimate of drug-likeness (QED) is 0.336. The monoisotopic (exact) mass is 473 g/mol. The number of halogens is 3. The van der Waals surface area contributed by atoms with Crippen molar-refractivity contribution < 1.29 is 8.78 Å². The van der Waals surface area contributed by atoms with Gasteiger partial charge in [-0.3, -0.25) is 4.79 Å². The van der Waals surface area contributed by atoms with Crippen LogP contribution in [0.5, 0.6) is 0 Å². The molecule has 0 spiro atoms. The highest BCUT2D eigenvalue weighted by atomic mass is 127. The molecule has 0 unspecified atom stereocenters. The van der Waals surface area contributed by atoms with Crippen molar-refractivity contribution in [2.24, 2.45) is 0 Å². The molecule has 0 amide bonds. The molecule has 2 aromatic carbocycles. The molecule has 0 radical (unpaired) electrons. The van der Waals surface area contributed by atoms with E-state index in [0.717, 1.165) is 14.8 Å². The Labute approximate surface area is 168 Å². The molecule has 0 N–H and O–H groups in total. The lowest BCUT2D eigenvalue weighted by Gasteiger charge is -2.14. The minimum absolute atomic E-state index is 0.0276. The predicted molar refractivity (Wildman–Crippen MR) is 112 cm³/mol. The Morgan fingerprint density at radius 1 is 0.889 bits per heavy atom. The van der Waals surface area contributed by atoms with Gasteiger partial charge < -0.3 is 4.40 Å². The number of fused-ring (bicyclic) bond motifs is 1. The summed E-state index contributed by atoms with van der Waals surface area (Å²) in [5, 5.41) is 0. The lowest BCUT2D eigenvalue weighted by molar-refractivity contribution is 0.587. The molecule has 0 saturated carbocycles. The number of aryl methyl sites for hydroxylation is 1. The summed E-state index contributed by atoms with van der Waals surface area (Å²) < 4.78 is 32.1. The van der Waals surface area contributed by atoms with Crippen LogP contribution in [0.15, 0.2) is 71.7 Å². The highest BCUT2D eigenvalue weighted by Crippen LogP contribution is 2.30. The molecule has 0 aliphatic rings. The first-order valence-electron chi connectivity index (χ1n) is 8.32. The third-order valence-electron chi connectivity index (χ3n) is 4.48. The Kier molecular flexibility index (Phi) is 4.55. The zero-order chi connectivity index (χ0) is 19.1. The molecule has 0 fully saturated rings. The smallest absolute Gasteiger partial charge is 0.190 e. The summed E-state index contributed by atoms with van der Waals surface area (Å²) >= 11 is 2.23. The summed E-state index contributed by atoms with van der Waals surface area (Å²) in [4.78, 5) is 12.6. The molecule has 4 rings (SSSR count). The summed E-state index contributed by atoms with van der Waals surface area (Å²) in [6.07, 6.45) is 1.64. The number of hydrogen-bond donors (Lipinski definition) is 0. The van der Waals surface area contributed by atoms with Gasteiger partial charge >= 0.3 is 0 Å². The van der Waals surface area contributed by atoms with Crippen LogP contribution in [0.3, 0.4) is 0 Å². The van der Waals surface area contributed by atoms with E-state index in [1.807, 2.05) is 30.3 Å². The molecule has 0 aliphatic carbocycles. The van der Waals surface area contributed by atoms with Crippen LogP contribution in [0, 0.1) is 22.1 Å². The van der Waals surface area contributed by atoms with Crippen LogP contribution in [0.2, 0.25) is 0 Å². The van der Waals surface area contributed by atoms with Gasteiger partial charge in [0.25, 0.3) is 0 Å². The van der Waals surface area contributed by atoms with Gasteiger partial charge in [0.1, 0.15) is 11.6 Å². The fraction of sp³-hybridized carbons (Fsp3) is 0.0455. The van der Waals surface area contributed by atoms with Gasteiger partial charge in [-0.1, -0.05) is 18.2 Å². The normalized spacial score (nSPS) is 11.1. The topological polar surface area (TPSA) is 21.5 Å². The van der Waals surface area contributed by atoms with Crippen molar-refractivity contribution in [3.05, 3.63) is 97.9 Å². The number of hydrogen-bond acceptors (Lipinski definition) is 1. The number of rotatable bonds is 2. The summed E-state index contributed by atoms with van der Waals surface area (Å²) in [6, 6.07) is 17.1. The second-order valence-corrected chi connectivity index (χ2v) is 7.58. The average molecular weight is 473 g/mol. The Hall–Kier alpha value is -2.54. The fourth-order valence-corrected chi connectivity index (χ4v) is 3.64. The fourth-order valence-electron chi connectivity index (χ4n) is 3.28. The first kappa shape index (κ1) is 17.9. The summed E-state index contributed by atoms with van der Waals surface area (Å²) in [5.41, 5.74) is 2.02. The van der Waals surface area contributed by atoms with Gasteiger partial charge in [0, 0.05) is 15.8 Å². The van der Waals surface area contributed by atoms with E-state index in [9.17, 15) is 13.6 Å². The maximum Gasteiger partial charge on any atom is 0.190 e. The van der Waals surface area contributed by atoms with E-state index in [1.54, 1.807) is 29.7 Å². The van der Waals surface area contributed by atoms with Gasteiger partial charge in [0.15, 0.2) is 5.43 Å². The molecule has 0 bridgehead atoms. The molecule has 4 aromatic rings. The van der Waals surface area contributed by atoms with Crippen LogP contribution < -0.4 is 5.43 Å². The van der Waals surface area contributed by atoms with Crippen molar-refractivity contribution in [1.82, 2.24) is 4.40 Å². The van der Waals surface area contributed by atoms with Crippen LogP contribution in [-0.4, -0.2) is 4.40 Å². The summed E-state index contributed by atoms with van der Waals surface area (Å²) in [7, 11) is 0. The second kappa shape index (κ2) is 6.88. The predicted octanol–water partition coefficient (Wildman–Crippen LogP) is 5.82. The van der Waals surface area contributed by atoms with Crippen LogP contribution >= 0.6 is 22.6 Å². The highest BCUT2D eigenvalue weighted by molar-refractivity contribution is 14.1. The van der Waals surface area contributed by atoms with Crippen molar-refractivity contribution in [2.45, 2.75) is 6.92 Å². The van der Waals surface area contributed by atoms with Gasteiger partial charge in [-0.25, -0.2) is 8.78 Å². The van der Waals surface area contributed by atoms with Crippen molar-refractivity contribution >= 4 is 28.1 Å². The molecule has 0 aliphatic heterocycles. The van der Waals surface area contributed by atoms with E-state index in [2.05, 4.69) is 22.6 Å². The summed E-state index contributed by atoms with van der Waals surface area (Å²) in [5.74, 6) is -1.48. The van der Waals surface area contributed by atoms with E-state index in [4.69, 9.17) is 0 Å². The van der Waals surface area contributed by atoms with E-state index in [1.165, 1.54) is 18.2 Å². The van der Waals surface area contributed by atoms with Crippen molar-refractivity contribution in [3.8, 4) is 22.4 Å². The molecule has 2 nitrogen and oxygen atoms in total. The van der Waals surface area contributed by atoms with Gasteiger partial charge in [0.2, 0.25) is 0 Å². The maximum absolute atomic E-state index is 14.6. The van der Waals surface area contributed by atoms with Gasteiger partial charge in [-0.15, -0.1) is 0 Å². The molecule has 134 valence electrons. The maximum atomic E-state index is 14.6. The Bertz CT molecular complexity index is 1210. The zero-order valence-corrected chi connectivity index (χ0v) is 16.5. The molecule has 0 saturated heterocycles. The van der Waals surface area contributed by atoms with Crippen LogP contribution in [0.25, 0.3) is 27.9 Å². The number of aromatic nitrogens is 1. The molecular weight excluding hydrogens is 459 g/mol. The molecular formula is C22H14F2INO. The van der Waals surface area contributed by atoms with E-state index in [0.29, 0.717) is 11.1 Å².